The van der Waals surface area contributed by atoms with Gasteiger partial charge in [0.15, 0.2) is 5.69 Å². The Morgan fingerprint density at radius 3 is 2.68 bits per heavy atom. The highest BCUT2D eigenvalue weighted by Gasteiger charge is 2.20. The molecular weight excluding hydrogens is 336 g/mol. The Morgan fingerprint density at radius 1 is 1.32 bits per heavy atom. The fourth-order valence-electron chi connectivity index (χ4n) is 2.09. The number of nitrogens with one attached hydrogen (secondary N) is 1. The van der Waals surface area contributed by atoms with Gasteiger partial charge >= 0.3 is 12.6 Å². The monoisotopic (exact) mass is 353 g/mol. The van der Waals surface area contributed by atoms with Crippen molar-refractivity contribution in [1.29, 1.82) is 0 Å². The van der Waals surface area contributed by atoms with E-state index in [2.05, 4.69) is 15.2 Å². The van der Waals surface area contributed by atoms with Crippen LogP contribution in [-0.4, -0.2) is 34.9 Å². The number of carbonyl (C=O) groups excluding carboxylic acids is 2. The Kier molecular flexibility index (Phi) is 5.68. The summed E-state index contributed by atoms with van der Waals surface area (Å²) in [6, 6.07) is 5.72. The van der Waals surface area contributed by atoms with Gasteiger partial charge in [-0.2, -0.15) is 13.9 Å². The van der Waals surface area contributed by atoms with Gasteiger partial charge in [0.1, 0.15) is 11.4 Å². The third-order valence-corrected chi connectivity index (χ3v) is 3.20. The number of benzene rings is 1. The number of rotatable bonds is 6. The second-order valence-electron chi connectivity index (χ2n) is 5.09. The smallest absolute Gasteiger partial charge is 0.387 e. The van der Waals surface area contributed by atoms with Gasteiger partial charge in [-0.25, -0.2) is 4.79 Å². The predicted molar refractivity (Wildman–Crippen MR) is 84.9 cm³/mol. The minimum absolute atomic E-state index is 0.0610. The Bertz CT molecular complexity index is 790. The van der Waals surface area contributed by atoms with E-state index < -0.39 is 18.5 Å². The van der Waals surface area contributed by atoms with E-state index in [4.69, 9.17) is 4.74 Å². The minimum atomic E-state index is -3.03. The summed E-state index contributed by atoms with van der Waals surface area (Å²) >= 11 is 0. The van der Waals surface area contributed by atoms with E-state index in [1.807, 2.05) is 0 Å². The van der Waals surface area contributed by atoms with Crippen molar-refractivity contribution in [1.82, 2.24) is 9.78 Å². The SMILES string of the molecule is CCOC(=O)c1cc(C(=O)Nc2ccc(C)cc2OC(F)F)nn1C. The first kappa shape index (κ1) is 18.4. The number of nitrogens with zero attached hydrogens (tertiary/aromatic N) is 2. The lowest BCUT2D eigenvalue weighted by atomic mass is 10.2. The van der Waals surface area contributed by atoms with Crippen molar-refractivity contribution in [3.8, 4) is 5.75 Å². The van der Waals surface area contributed by atoms with Crippen molar-refractivity contribution in [3.05, 3.63) is 41.2 Å². The van der Waals surface area contributed by atoms with Gasteiger partial charge in [-0.15, -0.1) is 0 Å². The van der Waals surface area contributed by atoms with Crippen LogP contribution in [0, 0.1) is 6.92 Å². The summed E-state index contributed by atoms with van der Waals surface area (Å²) in [7, 11) is 1.49. The molecule has 2 rings (SSSR count). The molecule has 1 aromatic carbocycles. The molecule has 1 amide bonds. The molecule has 0 aliphatic heterocycles. The van der Waals surface area contributed by atoms with Crippen LogP contribution in [0.25, 0.3) is 0 Å². The lowest BCUT2D eigenvalue weighted by Gasteiger charge is -2.12. The number of hydrogen-bond donors (Lipinski definition) is 1. The molecule has 1 aromatic heterocycles. The first-order valence-electron chi connectivity index (χ1n) is 7.39. The quantitative estimate of drug-likeness (QED) is 0.808. The van der Waals surface area contributed by atoms with E-state index >= 15 is 0 Å². The molecule has 7 nitrogen and oxygen atoms in total. The summed E-state index contributed by atoms with van der Waals surface area (Å²) in [5.41, 5.74) is 0.796. The fourth-order valence-corrected chi connectivity index (χ4v) is 2.09. The van der Waals surface area contributed by atoms with E-state index in [-0.39, 0.29) is 29.4 Å². The Hall–Kier alpha value is -2.97. The van der Waals surface area contributed by atoms with Crippen LogP contribution in [0.4, 0.5) is 14.5 Å². The normalized spacial score (nSPS) is 10.6. The number of ether oxygens (including phenoxy) is 2. The van der Waals surface area contributed by atoms with Crippen LogP contribution in [0.1, 0.15) is 33.5 Å². The van der Waals surface area contributed by atoms with Crippen LogP contribution in [0.15, 0.2) is 24.3 Å². The summed E-state index contributed by atoms with van der Waals surface area (Å²) in [6.07, 6.45) is 0. The number of anilines is 1. The van der Waals surface area contributed by atoms with Crippen molar-refractivity contribution < 1.29 is 27.8 Å². The van der Waals surface area contributed by atoms with Crippen LogP contribution >= 0.6 is 0 Å². The number of aryl methyl sites for hydroxylation is 2. The highest BCUT2D eigenvalue weighted by molar-refractivity contribution is 6.05. The first-order chi connectivity index (χ1) is 11.8. The molecule has 2 aromatic rings. The summed E-state index contributed by atoms with van der Waals surface area (Å²) in [5, 5.41) is 6.38. The maximum atomic E-state index is 12.5. The van der Waals surface area contributed by atoms with Crippen LogP contribution in [0.2, 0.25) is 0 Å². The lowest BCUT2D eigenvalue weighted by molar-refractivity contribution is -0.0494. The number of esters is 1. The van der Waals surface area contributed by atoms with Crippen molar-refractivity contribution >= 4 is 17.6 Å². The number of halogens is 2. The molecule has 134 valence electrons. The first-order valence-corrected chi connectivity index (χ1v) is 7.39. The fraction of sp³-hybridized carbons (Fsp3) is 0.312. The largest absolute Gasteiger partial charge is 0.461 e. The average Bonchev–Trinajstić information content (AvgIpc) is 2.92. The van der Waals surface area contributed by atoms with Crippen LogP contribution < -0.4 is 10.1 Å². The Balaban J connectivity index is 2.23. The van der Waals surface area contributed by atoms with E-state index in [9.17, 15) is 18.4 Å². The standard InChI is InChI=1S/C16H17F2N3O4/c1-4-24-15(23)12-8-11(20-21(12)3)14(22)19-10-6-5-9(2)7-13(10)25-16(17)18/h5-8,16H,4H2,1-3H3,(H,19,22). The third-order valence-electron chi connectivity index (χ3n) is 3.20. The second-order valence-corrected chi connectivity index (χ2v) is 5.09. The maximum Gasteiger partial charge on any atom is 0.387 e. The van der Waals surface area contributed by atoms with Gasteiger partial charge < -0.3 is 14.8 Å². The Labute approximate surface area is 142 Å². The molecule has 0 atom stereocenters. The number of aromatic nitrogens is 2. The summed E-state index contributed by atoms with van der Waals surface area (Å²) < 4.78 is 35.5. The second kappa shape index (κ2) is 7.73. The molecule has 25 heavy (non-hydrogen) atoms. The molecule has 0 aliphatic rings. The number of alkyl halides is 2. The van der Waals surface area contributed by atoms with E-state index in [0.717, 1.165) is 0 Å². The maximum absolute atomic E-state index is 12.5. The van der Waals surface area contributed by atoms with Crippen molar-refractivity contribution in [3.63, 3.8) is 0 Å². The molecule has 1 heterocycles. The van der Waals surface area contributed by atoms with Crippen LogP contribution in [0.5, 0.6) is 5.75 Å². The highest BCUT2D eigenvalue weighted by atomic mass is 19.3. The molecule has 0 unspecified atom stereocenters. The molecule has 0 bridgehead atoms. The van der Waals surface area contributed by atoms with Crippen molar-refractivity contribution in [2.75, 3.05) is 11.9 Å². The Morgan fingerprint density at radius 2 is 2.04 bits per heavy atom. The van der Waals surface area contributed by atoms with Crippen molar-refractivity contribution in [2.45, 2.75) is 20.5 Å². The predicted octanol–water partition coefficient (Wildman–Crippen LogP) is 2.76. The van der Waals surface area contributed by atoms with Gasteiger partial charge in [0.05, 0.1) is 12.3 Å². The lowest BCUT2D eigenvalue weighted by Crippen LogP contribution is -2.15. The summed E-state index contributed by atoms with van der Waals surface area (Å²) in [4.78, 5) is 24.1. The average molecular weight is 353 g/mol. The number of carbonyl (C=O) groups is 2. The molecule has 0 fully saturated rings. The number of hydrogen-bond acceptors (Lipinski definition) is 5. The molecule has 1 N–H and O–H groups in total. The highest BCUT2D eigenvalue weighted by Crippen LogP contribution is 2.27. The molecule has 0 spiro atoms. The summed E-state index contributed by atoms with van der Waals surface area (Å²) in [5.74, 6) is -1.45. The van der Waals surface area contributed by atoms with Gasteiger partial charge in [-0.3, -0.25) is 9.48 Å². The van der Waals surface area contributed by atoms with Gasteiger partial charge in [-0.05, 0) is 31.5 Å². The summed E-state index contributed by atoms with van der Waals surface area (Å²) in [6.45, 7) is 0.518. The van der Waals surface area contributed by atoms with E-state index in [0.29, 0.717) is 5.56 Å². The zero-order valence-corrected chi connectivity index (χ0v) is 13.9. The van der Waals surface area contributed by atoms with E-state index in [1.165, 1.54) is 29.9 Å². The van der Waals surface area contributed by atoms with E-state index in [1.54, 1.807) is 19.9 Å². The van der Waals surface area contributed by atoms with Gasteiger partial charge in [0.2, 0.25) is 0 Å². The minimum Gasteiger partial charge on any atom is -0.461 e. The topological polar surface area (TPSA) is 82.5 Å². The molecule has 0 radical (unpaired) electrons. The van der Waals surface area contributed by atoms with Crippen LogP contribution in [-0.2, 0) is 11.8 Å². The zero-order chi connectivity index (χ0) is 18.6. The molecule has 0 aliphatic carbocycles. The van der Waals surface area contributed by atoms with Crippen LogP contribution in [0.3, 0.4) is 0 Å². The van der Waals surface area contributed by atoms with Crippen molar-refractivity contribution in [2.24, 2.45) is 7.05 Å². The third kappa shape index (κ3) is 4.52. The molecule has 0 saturated carbocycles. The van der Waals surface area contributed by atoms with Gasteiger partial charge in [0, 0.05) is 13.1 Å². The molecule has 9 heteroatoms. The molecular formula is C16H17F2N3O4. The van der Waals surface area contributed by atoms with Gasteiger partial charge in [-0.1, -0.05) is 6.07 Å². The number of amides is 1. The molecule has 0 saturated heterocycles. The van der Waals surface area contributed by atoms with Gasteiger partial charge in [0.25, 0.3) is 5.91 Å². The zero-order valence-electron chi connectivity index (χ0n) is 13.9.